The summed E-state index contributed by atoms with van der Waals surface area (Å²) in [5.41, 5.74) is -1.72. The molecular weight excluding hydrogens is 228 g/mol. The van der Waals surface area contributed by atoms with E-state index in [1.807, 2.05) is 5.43 Å². The van der Waals surface area contributed by atoms with Gasteiger partial charge in [-0.1, -0.05) is 6.92 Å². The van der Waals surface area contributed by atoms with E-state index in [9.17, 15) is 22.4 Å². The Kier molecular flexibility index (Phi) is 2.66. The predicted molar refractivity (Wildman–Crippen MR) is 39.8 cm³/mol. The molecule has 1 amide bonds. The normalized spacial score (nSPS) is 35.6. The molecule has 8 heteroatoms. The smallest absolute Gasteiger partial charge is 0.274 e. The van der Waals surface area contributed by atoms with Gasteiger partial charge in [0.2, 0.25) is 11.6 Å². The number of alkyl halides is 4. The fourth-order valence-electron chi connectivity index (χ4n) is 1.14. The van der Waals surface area contributed by atoms with Crippen LogP contribution in [-0.4, -0.2) is 28.8 Å². The van der Waals surface area contributed by atoms with Gasteiger partial charge in [0.05, 0.1) is 12.5 Å². The number of hydrogen-bond acceptors (Lipinski definition) is 2. The molecule has 0 spiro atoms. The van der Waals surface area contributed by atoms with Crippen LogP contribution in [0.15, 0.2) is 0 Å². The molecular formula is C6H7ClF4N2O. The fourth-order valence-corrected chi connectivity index (χ4v) is 1.40. The molecule has 1 heterocycles. The maximum absolute atomic E-state index is 13.5. The Bertz CT molecular complexity index is 259. The first-order valence-electron chi connectivity index (χ1n) is 3.68. The summed E-state index contributed by atoms with van der Waals surface area (Å²) < 4.78 is 50.6. The van der Waals surface area contributed by atoms with Gasteiger partial charge in [0, 0.05) is 0 Å². The van der Waals surface area contributed by atoms with E-state index >= 15 is 0 Å². The summed E-state index contributed by atoms with van der Waals surface area (Å²) >= 11 is 5.13. The Labute approximate surface area is 82.1 Å². The zero-order valence-corrected chi connectivity index (χ0v) is 7.79. The van der Waals surface area contributed by atoms with Crippen LogP contribution in [0, 0.1) is 5.92 Å². The minimum atomic E-state index is -5.11. The highest BCUT2D eigenvalue weighted by molar-refractivity contribution is 6.14. The number of hydrazine groups is 1. The molecule has 0 aromatic rings. The third-order valence-corrected chi connectivity index (χ3v) is 2.36. The van der Waals surface area contributed by atoms with Crippen molar-refractivity contribution < 1.29 is 22.4 Å². The summed E-state index contributed by atoms with van der Waals surface area (Å²) in [6.07, 6.45) is -5.11. The average Bonchev–Trinajstić information content (AvgIpc) is 1.97. The number of nitrogens with zero attached hydrogens (tertiary/aromatic N) is 1. The lowest BCUT2D eigenvalue weighted by Gasteiger charge is -2.38. The molecule has 0 aliphatic carbocycles. The molecule has 1 N–H and O–H groups in total. The highest BCUT2D eigenvalue weighted by atomic mass is 35.5. The molecule has 1 saturated heterocycles. The maximum Gasteiger partial charge on any atom is 0.424 e. The summed E-state index contributed by atoms with van der Waals surface area (Å²) in [5, 5.41) is 0. The first kappa shape index (κ1) is 11.5. The van der Waals surface area contributed by atoms with Crippen LogP contribution in [0.25, 0.3) is 0 Å². The van der Waals surface area contributed by atoms with Gasteiger partial charge >= 0.3 is 6.18 Å². The van der Waals surface area contributed by atoms with Crippen LogP contribution in [0.3, 0.4) is 0 Å². The van der Waals surface area contributed by atoms with Gasteiger partial charge in [-0.2, -0.15) is 13.2 Å². The molecule has 2 atom stereocenters. The third kappa shape index (κ3) is 1.66. The number of hydrogen-bond donors (Lipinski definition) is 1. The number of carbonyl (C=O) groups is 1. The van der Waals surface area contributed by atoms with Crippen LogP contribution >= 0.6 is 11.8 Å². The summed E-state index contributed by atoms with van der Waals surface area (Å²) in [5.74, 6) is -2.90. The van der Waals surface area contributed by atoms with Gasteiger partial charge in [0.1, 0.15) is 0 Å². The van der Waals surface area contributed by atoms with Crippen LogP contribution in [0.5, 0.6) is 0 Å². The highest BCUT2D eigenvalue weighted by Gasteiger charge is 2.64. The number of amides is 1. The van der Waals surface area contributed by atoms with Crippen LogP contribution < -0.4 is 5.43 Å². The Hall–Kier alpha value is -0.560. The van der Waals surface area contributed by atoms with E-state index in [1.165, 1.54) is 0 Å². The molecule has 14 heavy (non-hydrogen) atoms. The minimum absolute atomic E-state index is 0.274. The van der Waals surface area contributed by atoms with E-state index in [4.69, 9.17) is 11.8 Å². The van der Waals surface area contributed by atoms with Crippen LogP contribution in [0.4, 0.5) is 17.6 Å². The Morgan fingerprint density at radius 1 is 1.64 bits per heavy atom. The highest BCUT2D eigenvalue weighted by Crippen LogP contribution is 2.42. The first-order valence-corrected chi connectivity index (χ1v) is 4.02. The largest absolute Gasteiger partial charge is 0.424 e. The summed E-state index contributed by atoms with van der Waals surface area (Å²) in [4.78, 5) is 10.9. The van der Waals surface area contributed by atoms with Gasteiger partial charge in [-0.3, -0.25) is 10.2 Å². The van der Waals surface area contributed by atoms with Gasteiger partial charge < -0.3 is 0 Å². The number of halogens is 5. The molecule has 3 nitrogen and oxygen atoms in total. The van der Waals surface area contributed by atoms with Gasteiger partial charge in [-0.05, 0) is 11.8 Å². The lowest BCUT2D eigenvalue weighted by molar-refractivity contribution is -0.255. The number of rotatable bonds is 0. The van der Waals surface area contributed by atoms with E-state index in [2.05, 4.69) is 0 Å². The van der Waals surface area contributed by atoms with Crippen molar-refractivity contribution in [3.05, 3.63) is 0 Å². The van der Waals surface area contributed by atoms with E-state index < -0.39 is 30.2 Å². The second-order valence-corrected chi connectivity index (χ2v) is 3.49. The molecule has 0 bridgehead atoms. The molecule has 1 aliphatic heterocycles. The monoisotopic (exact) mass is 234 g/mol. The summed E-state index contributed by atoms with van der Waals surface area (Å²) in [7, 11) is 0. The summed E-state index contributed by atoms with van der Waals surface area (Å²) in [6, 6.07) is 0. The van der Waals surface area contributed by atoms with Crippen molar-refractivity contribution in [2.24, 2.45) is 5.92 Å². The van der Waals surface area contributed by atoms with Crippen molar-refractivity contribution in [3.8, 4) is 0 Å². The predicted octanol–water partition coefficient (Wildman–Crippen LogP) is 1.39. The molecule has 82 valence electrons. The Morgan fingerprint density at radius 3 is 2.57 bits per heavy atom. The van der Waals surface area contributed by atoms with E-state index in [-0.39, 0.29) is 4.53 Å². The van der Waals surface area contributed by atoms with Crippen molar-refractivity contribution in [1.29, 1.82) is 0 Å². The summed E-state index contributed by atoms with van der Waals surface area (Å²) in [6.45, 7) is -0.252. The van der Waals surface area contributed by atoms with E-state index in [0.29, 0.717) is 0 Å². The topological polar surface area (TPSA) is 32.3 Å². The fraction of sp³-hybridized carbons (Fsp3) is 0.833. The first-order chi connectivity index (χ1) is 6.18. The SMILES string of the molecule is CC1C(=O)NN(Cl)CC1(F)C(F)(F)F. The molecule has 1 aliphatic rings. The van der Waals surface area contributed by atoms with Crippen LogP contribution in [0.2, 0.25) is 0 Å². The van der Waals surface area contributed by atoms with Crippen molar-refractivity contribution in [2.45, 2.75) is 18.8 Å². The van der Waals surface area contributed by atoms with E-state index in [1.54, 1.807) is 0 Å². The molecule has 0 radical (unpaired) electrons. The third-order valence-electron chi connectivity index (χ3n) is 2.15. The second-order valence-electron chi connectivity index (χ2n) is 3.08. The average molecular weight is 235 g/mol. The standard InChI is InChI=1S/C6H7ClF4N2O/c1-3-4(14)12-13(7)2-5(3,8)6(9,10)11/h3H,2H2,1H3,(H,12,14). The van der Waals surface area contributed by atoms with Crippen LogP contribution in [0.1, 0.15) is 6.92 Å². The van der Waals surface area contributed by atoms with Gasteiger partial charge in [0.15, 0.2) is 0 Å². The van der Waals surface area contributed by atoms with Gasteiger partial charge in [-0.15, -0.1) is 4.53 Å². The quantitative estimate of drug-likeness (QED) is 0.508. The lowest BCUT2D eigenvalue weighted by atomic mass is 9.88. The van der Waals surface area contributed by atoms with Gasteiger partial charge in [0.25, 0.3) is 0 Å². The number of nitrogens with one attached hydrogen (secondary N) is 1. The molecule has 1 rings (SSSR count). The zero-order chi connectivity index (χ0) is 11.1. The Balaban J connectivity index is 3.01. The second kappa shape index (κ2) is 3.23. The zero-order valence-electron chi connectivity index (χ0n) is 7.03. The molecule has 0 aromatic heterocycles. The van der Waals surface area contributed by atoms with Gasteiger partial charge in [-0.25, -0.2) is 4.39 Å². The van der Waals surface area contributed by atoms with Crippen molar-refractivity contribution >= 4 is 17.7 Å². The lowest BCUT2D eigenvalue weighted by Crippen LogP contribution is -2.64. The van der Waals surface area contributed by atoms with Crippen molar-refractivity contribution in [1.82, 2.24) is 9.95 Å². The van der Waals surface area contributed by atoms with Crippen molar-refractivity contribution in [2.75, 3.05) is 6.54 Å². The van der Waals surface area contributed by atoms with E-state index in [0.717, 1.165) is 6.92 Å². The van der Waals surface area contributed by atoms with Crippen molar-refractivity contribution in [3.63, 3.8) is 0 Å². The minimum Gasteiger partial charge on any atom is -0.274 e. The number of carbonyl (C=O) groups excluding carboxylic acids is 1. The molecule has 0 saturated carbocycles. The van der Waals surface area contributed by atoms with Crippen LogP contribution in [-0.2, 0) is 4.79 Å². The maximum atomic E-state index is 13.5. The molecule has 0 aromatic carbocycles. The molecule has 2 unspecified atom stereocenters. The molecule has 1 fully saturated rings. The Morgan fingerprint density at radius 2 is 2.14 bits per heavy atom.